The zero-order valence-electron chi connectivity index (χ0n) is 10.5. The van der Waals surface area contributed by atoms with Gasteiger partial charge in [-0.1, -0.05) is 11.6 Å². The summed E-state index contributed by atoms with van der Waals surface area (Å²) < 4.78 is 0.724. The van der Waals surface area contributed by atoms with Crippen LogP contribution in [0.2, 0.25) is 5.02 Å². The molecule has 3 rings (SSSR count). The fourth-order valence-electron chi connectivity index (χ4n) is 2.25. The first-order chi connectivity index (χ1) is 9.63. The van der Waals surface area contributed by atoms with Crippen molar-refractivity contribution in [3.05, 3.63) is 57.0 Å². The van der Waals surface area contributed by atoms with Crippen molar-refractivity contribution < 1.29 is 4.79 Å². The molecule has 3 nitrogen and oxygen atoms in total. The Labute approximate surface area is 130 Å². The Morgan fingerprint density at radius 2 is 2.10 bits per heavy atom. The van der Waals surface area contributed by atoms with Crippen molar-refractivity contribution in [2.75, 3.05) is 17.2 Å². The van der Waals surface area contributed by atoms with Gasteiger partial charge >= 0.3 is 0 Å². The van der Waals surface area contributed by atoms with Crippen LogP contribution < -0.4 is 10.6 Å². The highest BCUT2D eigenvalue weighted by Crippen LogP contribution is 2.26. The quantitative estimate of drug-likeness (QED) is 0.846. The van der Waals surface area contributed by atoms with Gasteiger partial charge in [-0.05, 0) is 64.3 Å². The molecule has 2 N–H and O–H groups in total. The molecule has 2 aromatic carbocycles. The van der Waals surface area contributed by atoms with Crippen molar-refractivity contribution in [2.45, 2.75) is 6.42 Å². The van der Waals surface area contributed by atoms with E-state index in [1.54, 1.807) is 18.2 Å². The average Bonchev–Trinajstić information content (AvgIpc) is 2.89. The number of fused-ring (bicyclic) bond motifs is 1. The van der Waals surface area contributed by atoms with Crippen LogP contribution in [0.25, 0.3) is 0 Å². The molecule has 0 radical (unpaired) electrons. The molecule has 1 amide bonds. The minimum atomic E-state index is -0.176. The van der Waals surface area contributed by atoms with Crippen LogP contribution in [0.3, 0.4) is 0 Å². The molecule has 2 aromatic rings. The number of halogens is 2. The fourth-order valence-corrected chi connectivity index (χ4v) is 2.85. The number of carbonyl (C=O) groups excluding carboxylic acids is 1. The van der Waals surface area contributed by atoms with Crippen molar-refractivity contribution in [3.63, 3.8) is 0 Å². The number of nitrogens with one attached hydrogen (secondary N) is 2. The van der Waals surface area contributed by atoms with Crippen LogP contribution in [0.1, 0.15) is 15.9 Å². The summed E-state index contributed by atoms with van der Waals surface area (Å²) in [6.07, 6.45) is 0.986. The fraction of sp³-hybridized carbons (Fsp3) is 0.133. The number of benzene rings is 2. The predicted molar refractivity (Wildman–Crippen MR) is 85.7 cm³/mol. The number of rotatable bonds is 2. The van der Waals surface area contributed by atoms with E-state index in [1.807, 2.05) is 18.2 Å². The van der Waals surface area contributed by atoms with Gasteiger partial charge in [-0.2, -0.15) is 0 Å². The van der Waals surface area contributed by atoms with Gasteiger partial charge in [0, 0.05) is 27.4 Å². The highest BCUT2D eigenvalue weighted by molar-refractivity contribution is 9.10. The third-order valence-corrected chi connectivity index (χ3v) is 4.17. The Morgan fingerprint density at radius 1 is 1.25 bits per heavy atom. The summed E-state index contributed by atoms with van der Waals surface area (Å²) in [5, 5.41) is 6.73. The van der Waals surface area contributed by atoms with Gasteiger partial charge in [0.1, 0.15) is 0 Å². The van der Waals surface area contributed by atoms with Crippen LogP contribution in [0.4, 0.5) is 11.4 Å². The van der Waals surface area contributed by atoms with Gasteiger partial charge in [0.15, 0.2) is 0 Å². The molecule has 0 spiro atoms. The van der Waals surface area contributed by atoms with E-state index in [0.717, 1.165) is 28.8 Å². The Balaban J connectivity index is 1.84. The van der Waals surface area contributed by atoms with Crippen molar-refractivity contribution in [1.29, 1.82) is 0 Å². The molecule has 0 saturated heterocycles. The van der Waals surface area contributed by atoms with Gasteiger partial charge in [0.2, 0.25) is 0 Å². The monoisotopic (exact) mass is 350 g/mol. The Morgan fingerprint density at radius 3 is 2.95 bits per heavy atom. The van der Waals surface area contributed by atoms with Crippen molar-refractivity contribution in [2.24, 2.45) is 0 Å². The maximum atomic E-state index is 12.3. The summed E-state index contributed by atoms with van der Waals surface area (Å²) in [4.78, 5) is 12.3. The van der Waals surface area contributed by atoms with Crippen LogP contribution in [0.15, 0.2) is 40.9 Å². The van der Waals surface area contributed by atoms with E-state index >= 15 is 0 Å². The molecule has 0 unspecified atom stereocenters. The molecule has 1 aliphatic rings. The summed E-state index contributed by atoms with van der Waals surface area (Å²) >= 11 is 9.30. The molecular formula is C15H12BrClN2O. The molecule has 20 heavy (non-hydrogen) atoms. The van der Waals surface area contributed by atoms with Gasteiger partial charge in [0.25, 0.3) is 5.91 Å². The third kappa shape index (κ3) is 2.67. The van der Waals surface area contributed by atoms with Gasteiger partial charge < -0.3 is 10.6 Å². The van der Waals surface area contributed by atoms with E-state index < -0.39 is 0 Å². The van der Waals surface area contributed by atoms with E-state index in [2.05, 4.69) is 26.6 Å². The van der Waals surface area contributed by atoms with Gasteiger partial charge in [-0.25, -0.2) is 0 Å². The smallest absolute Gasteiger partial charge is 0.256 e. The summed E-state index contributed by atoms with van der Waals surface area (Å²) in [6.45, 7) is 0.951. The SMILES string of the molecule is O=C(Nc1ccc2c(c1)CCN2)c1cc(Cl)ccc1Br. The minimum Gasteiger partial charge on any atom is -0.384 e. The van der Waals surface area contributed by atoms with Crippen LogP contribution in [-0.4, -0.2) is 12.5 Å². The van der Waals surface area contributed by atoms with Crippen LogP contribution in [0, 0.1) is 0 Å². The molecule has 0 aliphatic carbocycles. The van der Waals surface area contributed by atoms with E-state index in [1.165, 1.54) is 5.56 Å². The largest absolute Gasteiger partial charge is 0.384 e. The van der Waals surface area contributed by atoms with Crippen molar-refractivity contribution in [1.82, 2.24) is 0 Å². The van der Waals surface area contributed by atoms with Gasteiger partial charge in [0.05, 0.1) is 5.56 Å². The lowest BCUT2D eigenvalue weighted by atomic mass is 10.1. The lowest BCUT2D eigenvalue weighted by molar-refractivity contribution is 0.102. The average molecular weight is 352 g/mol. The molecular weight excluding hydrogens is 340 g/mol. The highest BCUT2D eigenvalue weighted by Gasteiger charge is 2.14. The normalized spacial score (nSPS) is 12.7. The number of hydrogen-bond acceptors (Lipinski definition) is 2. The summed E-state index contributed by atoms with van der Waals surface area (Å²) in [5.74, 6) is -0.176. The Kier molecular flexibility index (Phi) is 3.68. The van der Waals surface area contributed by atoms with Crippen LogP contribution >= 0.6 is 27.5 Å². The zero-order chi connectivity index (χ0) is 14.1. The zero-order valence-corrected chi connectivity index (χ0v) is 12.9. The molecule has 0 saturated carbocycles. The Hall–Kier alpha value is -1.52. The van der Waals surface area contributed by atoms with E-state index in [-0.39, 0.29) is 5.91 Å². The predicted octanol–water partition coefficient (Wildman–Crippen LogP) is 4.32. The molecule has 5 heteroatoms. The molecule has 0 atom stereocenters. The first kappa shape index (κ1) is 13.5. The standard InChI is InChI=1S/C15H12BrClN2O/c16-13-3-1-10(17)8-12(13)15(20)19-11-2-4-14-9(7-11)5-6-18-14/h1-4,7-8,18H,5-6H2,(H,19,20). The lowest BCUT2D eigenvalue weighted by Crippen LogP contribution is -2.12. The summed E-state index contributed by atoms with van der Waals surface area (Å²) in [7, 11) is 0. The van der Waals surface area contributed by atoms with E-state index in [4.69, 9.17) is 11.6 Å². The second-order valence-corrected chi connectivity index (χ2v) is 5.92. The van der Waals surface area contributed by atoms with E-state index in [0.29, 0.717) is 10.6 Å². The second kappa shape index (κ2) is 5.46. The highest BCUT2D eigenvalue weighted by atomic mass is 79.9. The first-order valence-corrected chi connectivity index (χ1v) is 7.44. The summed E-state index contributed by atoms with van der Waals surface area (Å²) in [5.41, 5.74) is 3.69. The van der Waals surface area contributed by atoms with Crippen molar-refractivity contribution >= 4 is 44.8 Å². The topological polar surface area (TPSA) is 41.1 Å². The molecule has 102 valence electrons. The molecule has 0 aromatic heterocycles. The maximum absolute atomic E-state index is 12.3. The second-order valence-electron chi connectivity index (χ2n) is 4.63. The Bertz CT molecular complexity index is 688. The van der Waals surface area contributed by atoms with Crippen molar-refractivity contribution in [3.8, 4) is 0 Å². The maximum Gasteiger partial charge on any atom is 0.256 e. The van der Waals surface area contributed by atoms with E-state index in [9.17, 15) is 4.79 Å². The molecule has 1 aliphatic heterocycles. The number of amides is 1. The number of hydrogen-bond donors (Lipinski definition) is 2. The number of anilines is 2. The molecule has 0 bridgehead atoms. The first-order valence-electron chi connectivity index (χ1n) is 6.27. The minimum absolute atomic E-state index is 0.176. The van der Waals surface area contributed by atoms with Crippen LogP contribution in [0.5, 0.6) is 0 Å². The van der Waals surface area contributed by atoms with Gasteiger partial charge in [-0.3, -0.25) is 4.79 Å². The number of carbonyl (C=O) groups is 1. The molecule has 1 heterocycles. The lowest BCUT2D eigenvalue weighted by Gasteiger charge is -2.09. The molecule has 0 fully saturated rings. The summed E-state index contributed by atoms with van der Waals surface area (Å²) in [6, 6.07) is 11.0. The van der Waals surface area contributed by atoms with Gasteiger partial charge in [-0.15, -0.1) is 0 Å². The van der Waals surface area contributed by atoms with Crippen LogP contribution in [-0.2, 0) is 6.42 Å². The third-order valence-electron chi connectivity index (χ3n) is 3.25.